The number of sulfone groups is 1. The molecular formula is C14H20N2O4S. The first-order valence-electron chi connectivity index (χ1n) is 6.95. The lowest BCUT2D eigenvalue weighted by atomic mass is 10.1. The Hall–Kier alpha value is -1.76. The minimum Gasteiger partial charge on any atom is -0.462 e. The van der Waals surface area contributed by atoms with E-state index in [1.54, 1.807) is 25.1 Å². The highest BCUT2D eigenvalue weighted by Gasteiger charge is 2.23. The molecule has 1 saturated heterocycles. The van der Waals surface area contributed by atoms with Crippen molar-refractivity contribution in [3.05, 3.63) is 23.8 Å². The predicted molar refractivity (Wildman–Crippen MR) is 82.1 cm³/mol. The third-order valence-corrected chi connectivity index (χ3v) is 5.19. The van der Waals surface area contributed by atoms with E-state index in [0.717, 1.165) is 5.69 Å². The molecule has 0 amide bonds. The number of carbonyl (C=O) groups is 1. The monoisotopic (exact) mass is 312 g/mol. The van der Waals surface area contributed by atoms with Crippen LogP contribution in [0.5, 0.6) is 0 Å². The van der Waals surface area contributed by atoms with E-state index in [9.17, 15) is 13.2 Å². The number of ether oxygens (including phenoxy) is 1. The number of hydrogen-bond acceptors (Lipinski definition) is 6. The normalized spacial score (nSPS) is 18.1. The van der Waals surface area contributed by atoms with Crippen molar-refractivity contribution in [1.29, 1.82) is 0 Å². The van der Waals surface area contributed by atoms with Gasteiger partial charge in [0, 0.05) is 17.4 Å². The summed E-state index contributed by atoms with van der Waals surface area (Å²) in [6, 6.07) is 5.17. The van der Waals surface area contributed by atoms with E-state index in [-0.39, 0.29) is 24.2 Å². The smallest absolute Gasteiger partial charge is 0.340 e. The molecule has 0 bridgehead atoms. The van der Waals surface area contributed by atoms with E-state index in [4.69, 9.17) is 10.5 Å². The molecule has 116 valence electrons. The van der Waals surface area contributed by atoms with Gasteiger partial charge in [0.1, 0.15) is 9.84 Å². The Balaban J connectivity index is 2.07. The van der Waals surface area contributed by atoms with Crippen LogP contribution in [0.15, 0.2) is 18.2 Å². The first-order chi connectivity index (χ1) is 9.91. The Bertz CT molecular complexity index is 614. The molecule has 3 N–H and O–H groups in total. The van der Waals surface area contributed by atoms with Gasteiger partial charge in [-0.25, -0.2) is 13.2 Å². The van der Waals surface area contributed by atoms with Gasteiger partial charge in [0.2, 0.25) is 0 Å². The molecule has 2 rings (SSSR count). The molecule has 0 unspecified atom stereocenters. The molecule has 0 aliphatic carbocycles. The summed E-state index contributed by atoms with van der Waals surface area (Å²) in [4.78, 5) is 11.8. The van der Waals surface area contributed by atoms with Crippen LogP contribution in [-0.2, 0) is 14.6 Å². The highest BCUT2D eigenvalue weighted by Crippen LogP contribution is 2.22. The van der Waals surface area contributed by atoms with Crippen molar-refractivity contribution in [1.82, 2.24) is 0 Å². The second-order valence-electron chi connectivity index (χ2n) is 5.09. The SMILES string of the molecule is CCOC(=O)c1cc(NC2CCS(=O)(=O)CC2)ccc1N. The number of hydrogen-bond donors (Lipinski definition) is 2. The summed E-state index contributed by atoms with van der Waals surface area (Å²) < 4.78 is 27.8. The fourth-order valence-electron chi connectivity index (χ4n) is 2.30. The van der Waals surface area contributed by atoms with Crippen molar-refractivity contribution in [2.24, 2.45) is 0 Å². The predicted octanol–water partition coefficient (Wildman–Crippen LogP) is 1.43. The topological polar surface area (TPSA) is 98.5 Å². The van der Waals surface area contributed by atoms with Gasteiger partial charge in [0.05, 0.1) is 23.7 Å². The fraction of sp³-hybridized carbons (Fsp3) is 0.500. The number of nitrogen functional groups attached to an aromatic ring is 1. The lowest BCUT2D eigenvalue weighted by Gasteiger charge is -2.24. The highest BCUT2D eigenvalue weighted by atomic mass is 32.2. The molecule has 1 aliphatic rings. The summed E-state index contributed by atoms with van der Waals surface area (Å²) in [5.74, 6) is -0.0563. The molecule has 1 heterocycles. The number of nitrogens with one attached hydrogen (secondary N) is 1. The average molecular weight is 312 g/mol. The van der Waals surface area contributed by atoms with E-state index in [1.165, 1.54) is 0 Å². The van der Waals surface area contributed by atoms with Gasteiger partial charge in [0.25, 0.3) is 0 Å². The van der Waals surface area contributed by atoms with E-state index >= 15 is 0 Å². The van der Waals surface area contributed by atoms with Crippen molar-refractivity contribution >= 4 is 27.2 Å². The zero-order chi connectivity index (χ0) is 15.5. The molecule has 0 aromatic heterocycles. The van der Waals surface area contributed by atoms with Crippen LogP contribution >= 0.6 is 0 Å². The van der Waals surface area contributed by atoms with Crippen LogP contribution in [0, 0.1) is 0 Å². The van der Waals surface area contributed by atoms with Crippen LogP contribution in [0.3, 0.4) is 0 Å². The number of benzene rings is 1. The number of esters is 1. The first kappa shape index (κ1) is 15.6. The maximum atomic E-state index is 11.8. The van der Waals surface area contributed by atoms with Gasteiger partial charge in [-0.3, -0.25) is 0 Å². The molecule has 1 aromatic carbocycles. The Morgan fingerprint density at radius 3 is 2.67 bits per heavy atom. The van der Waals surface area contributed by atoms with E-state index < -0.39 is 15.8 Å². The van der Waals surface area contributed by atoms with E-state index in [2.05, 4.69) is 5.32 Å². The quantitative estimate of drug-likeness (QED) is 0.645. The Morgan fingerprint density at radius 1 is 1.38 bits per heavy atom. The van der Waals surface area contributed by atoms with Crippen molar-refractivity contribution in [2.45, 2.75) is 25.8 Å². The van der Waals surface area contributed by atoms with Crippen LogP contribution < -0.4 is 11.1 Å². The fourth-order valence-corrected chi connectivity index (χ4v) is 3.79. The molecule has 1 aliphatic heterocycles. The van der Waals surface area contributed by atoms with Crippen LogP contribution in [0.1, 0.15) is 30.1 Å². The molecule has 0 saturated carbocycles. The van der Waals surface area contributed by atoms with E-state index in [1.807, 2.05) is 0 Å². The number of rotatable bonds is 4. The van der Waals surface area contributed by atoms with Crippen molar-refractivity contribution in [3.63, 3.8) is 0 Å². The van der Waals surface area contributed by atoms with Gasteiger partial charge in [0.15, 0.2) is 0 Å². The summed E-state index contributed by atoms with van der Waals surface area (Å²) in [6.45, 7) is 2.02. The zero-order valence-electron chi connectivity index (χ0n) is 12.0. The third kappa shape index (κ3) is 4.10. The second kappa shape index (κ2) is 6.34. The Labute approximate surface area is 124 Å². The molecular weight excluding hydrogens is 292 g/mol. The Kier molecular flexibility index (Phi) is 4.72. The lowest BCUT2D eigenvalue weighted by Crippen LogP contribution is -2.32. The largest absolute Gasteiger partial charge is 0.462 e. The first-order valence-corrected chi connectivity index (χ1v) is 8.77. The summed E-state index contributed by atoms with van der Waals surface area (Å²) >= 11 is 0. The van der Waals surface area contributed by atoms with Gasteiger partial charge < -0.3 is 15.8 Å². The molecule has 1 fully saturated rings. The number of nitrogens with two attached hydrogens (primary N) is 1. The molecule has 0 atom stereocenters. The van der Waals surface area contributed by atoms with Gasteiger partial charge in [-0.2, -0.15) is 0 Å². The average Bonchev–Trinajstić information content (AvgIpc) is 2.43. The molecule has 0 radical (unpaired) electrons. The number of anilines is 2. The molecule has 1 aromatic rings. The minimum absolute atomic E-state index is 0.0900. The van der Waals surface area contributed by atoms with Crippen LogP contribution in [-0.4, -0.2) is 38.5 Å². The van der Waals surface area contributed by atoms with Gasteiger partial charge in [-0.1, -0.05) is 0 Å². The summed E-state index contributed by atoms with van der Waals surface area (Å²) in [7, 11) is -2.88. The van der Waals surface area contributed by atoms with Crippen LogP contribution in [0.4, 0.5) is 11.4 Å². The molecule has 0 spiro atoms. The maximum absolute atomic E-state index is 11.8. The molecule has 7 heteroatoms. The number of carbonyl (C=O) groups excluding carboxylic acids is 1. The van der Waals surface area contributed by atoms with Crippen LogP contribution in [0.2, 0.25) is 0 Å². The van der Waals surface area contributed by atoms with E-state index in [0.29, 0.717) is 24.1 Å². The summed E-state index contributed by atoms with van der Waals surface area (Å²) in [5.41, 5.74) is 7.22. The molecule has 21 heavy (non-hydrogen) atoms. The lowest BCUT2D eigenvalue weighted by molar-refractivity contribution is 0.0527. The van der Waals surface area contributed by atoms with Crippen molar-refractivity contribution in [3.8, 4) is 0 Å². The van der Waals surface area contributed by atoms with Gasteiger partial charge >= 0.3 is 5.97 Å². The van der Waals surface area contributed by atoms with Gasteiger partial charge in [-0.15, -0.1) is 0 Å². The van der Waals surface area contributed by atoms with Crippen molar-refractivity contribution < 1.29 is 17.9 Å². The highest BCUT2D eigenvalue weighted by molar-refractivity contribution is 7.91. The molecule has 6 nitrogen and oxygen atoms in total. The Morgan fingerprint density at radius 2 is 2.05 bits per heavy atom. The third-order valence-electron chi connectivity index (χ3n) is 3.47. The standard InChI is InChI=1S/C14H20N2O4S/c1-2-20-14(17)12-9-11(3-4-13(12)15)16-10-5-7-21(18,19)8-6-10/h3-4,9-10,16H,2,5-8,15H2,1H3. The minimum atomic E-state index is -2.88. The second-order valence-corrected chi connectivity index (χ2v) is 7.40. The van der Waals surface area contributed by atoms with Crippen LogP contribution in [0.25, 0.3) is 0 Å². The summed E-state index contributed by atoms with van der Waals surface area (Å²) in [6.07, 6.45) is 1.14. The zero-order valence-corrected chi connectivity index (χ0v) is 12.8. The van der Waals surface area contributed by atoms with Gasteiger partial charge in [-0.05, 0) is 38.0 Å². The maximum Gasteiger partial charge on any atom is 0.340 e. The van der Waals surface area contributed by atoms with Crippen molar-refractivity contribution in [2.75, 3.05) is 29.2 Å². The summed E-state index contributed by atoms with van der Waals surface area (Å²) in [5, 5.41) is 3.26.